The van der Waals surface area contributed by atoms with Crippen LogP contribution in [0.15, 0.2) is 24.3 Å². The second-order valence-corrected chi connectivity index (χ2v) is 10.3. The predicted molar refractivity (Wildman–Crippen MR) is 130 cm³/mol. The fourth-order valence-electron chi connectivity index (χ4n) is 4.14. The first kappa shape index (κ1) is 27.4. The summed E-state index contributed by atoms with van der Waals surface area (Å²) in [5.74, 6) is -1.53. The number of rotatable bonds is 10. The average molecular weight is 506 g/mol. The maximum absolute atomic E-state index is 14.3. The van der Waals surface area contributed by atoms with Gasteiger partial charge in [-0.15, -0.1) is 0 Å². The van der Waals surface area contributed by atoms with Crippen LogP contribution in [0.3, 0.4) is 0 Å². The van der Waals surface area contributed by atoms with Gasteiger partial charge in [-0.1, -0.05) is 39.0 Å². The molecule has 9 nitrogen and oxygen atoms in total. The van der Waals surface area contributed by atoms with Crippen LogP contribution in [0.4, 0.5) is 4.39 Å². The summed E-state index contributed by atoms with van der Waals surface area (Å²) >= 11 is 0. The summed E-state index contributed by atoms with van der Waals surface area (Å²) in [5, 5.41) is 5.46. The smallest absolute Gasteiger partial charge is 0.344 e. The molecule has 0 radical (unpaired) electrons. The van der Waals surface area contributed by atoms with Crippen molar-refractivity contribution >= 4 is 23.7 Å². The van der Waals surface area contributed by atoms with Crippen LogP contribution < -0.4 is 15.4 Å². The summed E-state index contributed by atoms with van der Waals surface area (Å²) in [7, 11) is 0. The third-order valence-corrected chi connectivity index (χ3v) is 6.40. The van der Waals surface area contributed by atoms with E-state index >= 15 is 0 Å². The van der Waals surface area contributed by atoms with E-state index in [9.17, 15) is 23.6 Å². The van der Waals surface area contributed by atoms with Crippen molar-refractivity contribution in [2.45, 2.75) is 77.7 Å². The highest BCUT2D eigenvalue weighted by Crippen LogP contribution is 2.40. The average Bonchev–Trinajstić information content (AvgIpc) is 3.39. The summed E-state index contributed by atoms with van der Waals surface area (Å²) in [5.41, 5.74) is -1.89. The number of carbonyl (C=O) groups is 4. The largest absolute Gasteiger partial charge is 0.482 e. The molecule has 3 rings (SSSR count). The number of esters is 1. The molecule has 0 aromatic heterocycles. The van der Waals surface area contributed by atoms with Crippen LogP contribution in [0.5, 0.6) is 5.75 Å². The van der Waals surface area contributed by atoms with E-state index < -0.39 is 41.0 Å². The van der Waals surface area contributed by atoms with Gasteiger partial charge in [0.25, 0.3) is 5.91 Å². The second kappa shape index (κ2) is 11.3. The molecule has 1 aliphatic carbocycles. The van der Waals surface area contributed by atoms with Crippen molar-refractivity contribution in [1.82, 2.24) is 15.5 Å². The van der Waals surface area contributed by atoms with E-state index in [1.165, 1.54) is 4.90 Å². The number of nitrogens with zero attached hydrogens (tertiary/aromatic N) is 1. The van der Waals surface area contributed by atoms with Crippen molar-refractivity contribution in [2.24, 2.45) is 5.41 Å². The number of hydrogen-bond acceptors (Lipinski definition) is 6. The Bertz CT molecular complexity index is 988. The van der Waals surface area contributed by atoms with E-state index in [0.717, 1.165) is 0 Å². The molecule has 2 fully saturated rings. The SMILES string of the molecule is CCOC(=O)COc1ccccc1CNC(=O)C1CCCN1C(=O)C(NC(=O)C1(F)CC1)C(C)(C)C. The Morgan fingerprint density at radius 2 is 1.89 bits per heavy atom. The van der Waals surface area contributed by atoms with Crippen molar-refractivity contribution in [3.63, 3.8) is 0 Å². The van der Waals surface area contributed by atoms with Gasteiger partial charge in [-0.25, -0.2) is 9.18 Å². The van der Waals surface area contributed by atoms with Crippen molar-refractivity contribution in [2.75, 3.05) is 19.8 Å². The van der Waals surface area contributed by atoms with Gasteiger partial charge in [0.05, 0.1) is 6.61 Å². The van der Waals surface area contributed by atoms with Gasteiger partial charge in [0.1, 0.15) is 17.8 Å². The second-order valence-electron chi connectivity index (χ2n) is 10.3. The normalized spacial score (nSPS) is 19.2. The molecule has 1 saturated heterocycles. The highest BCUT2D eigenvalue weighted by molar-refractivity contribution is 5.95. The van der Waals surface area contributed by atoms with E-state index in [-0.39, 0.29) is 38.5 Å². The molecule has 2 aliphatic rings. The van der Waals surface area contributed by atoms with Crippen molar-refractivity contribution in [1.29, 1.82) is 0 Å². The summed E-state index contributed by atoms with van der Waals surface area (Å²) in [6.07, 6.45) is 1.44. The molecule has 0 bridgehead atoms. The molecule has 2 atom stereocenters. The summed E-state index contributed by atoms with van der Waals surface area (Å²) in [4.78, 5) is 52.0. The zero-order chi connectivity index (χ0) is 26.5. The van der Waals surface area contributed by atoms with Gasteiger partial charge >= 0.3 is 5.97 Å². The van der Waals surface area contributed by atoms with E-state index in [1.54, 1.807) is 52.0 Å². The number of carbonyl (C=O) groups excluding carboxylic acids is 4. The van der Waals surface area contributed by atoms with Crippen molar-refractivity contribution in [3.8, 4) is 5.75 Å². The number of benzene rings is 1. The molecule has 1 aromatic rings. The molecule has 1 aliphatic heterocycles. The Hall–Kier alpha value is -3.17. The molecule has 1 heterocycles. The van der Waals surface area contributed by atoms with Gasteiger partial charge in [0.15, 0.2) is 12.3 Å². The minimum Gasteiger partial charge on any atom is -0.482 e. The van der Waals surface area contributed by atoms with Crippen molar-refractivity contribution < 1.29 is 33.0 Å². The van der Waals surface area contributed by atoms with E-state index in [0.29, 0.717) is 30.7 Å². The number of halogens is 1. The third kappa shape index (κ3) is 6.73. The van der Waals surface area contributed by atoms with Crippen LogP contribution in [0.2, 0.25) is 0 Å². The Morgan fingerprint density at radius 1 is 1.19 bits per heavy atom. The minimum atomic E-state index is -1.89. The Morgan fingerprint density at radius 3 is 2.53 bits per heavy atom. The van der Waals surface area contributed by atoms with Gasteiger partial charge < -0.3 is 25.0 Å². The molecule has 36 heavy (non-hydrogen) atoms. The topological polar surface area (TPSA) is 114 Å². The van der Waals surface area contributed by atoms with Gasteiger partial charge in [0.2, 0.25) is 11.8 Å². The molecule has 10 heteroatoms. The number of ether oxygens (including phenoxy) is 2. The van der Waals surface area contributed by atoms with Gasteiger partial charge in [-0.3, -0.25) is 14.4 Å². The minimum absolute atomic E-state index is 0.139. The van der Waals surface area contributed by atoms with Crippen LogP contribution in [0.1, 0.15) is 58.9 Å². The fourth-order valence-corrected chi connectivity index (χ4v) is 4.14. The van der Waals surface area contributed by atoms with Crippen molar-refractivity contribution in [3.05, 3.63) is 29.8 Å². The standard InChI is InChI=1S/C26H36FN3O6/c1-5-35-20(31)16-36-19-11-7-6-9-17(19)15-28-22(32)18-10-8-14-30(18)23(33)21(25(2,3)4)29-24(34)26(27)12-13-26/h6-7,9,11,18,21H,5,8,10,12-16H2,1-4H3,(H,28,32)(H,29,34). The molecular weight excluding hydrogens is 469 g/mol. The Labute approximate surface area is 211 Å². The lowest BCUT2D eigenvalue weighted by Crippen LogP contribution is -2.58. The zero-order valence-electron chi connectivity index (χ0n) is 21.4. The maximum Gasteiger partial charge on any atom is 0.344 e. The lowest BCUT2D eigenvalue weighted by Gasteiger charge is -2.35. The first-order valence-corrected chi connectivity index (χ1v) is 12.4. The number of nitrogens with one attached hydrogen (secondary N) is 2. The van der Waals surface area contributed by atoms with E-state index in [4.69, 9.17) is 9.47 Å². The lowest BCUT2D eigenvalue weighted by molar-refractivity contribution is -0.145. The van der Waals surface area contributed by atoms with E-state index in [1.807, 2.05) is 0 Å². The lowest BCUT2D eigenvalue weighted by atomic mass is 9.85. The highest BCUT2D eigenvalue weighted by Gasteiger charge is 2.53. The number of para-hydroxylation sites is 1. The van der Waals surface area contributed by atoms with Crippen LogP contribution in [-0.4, -0.2) is 66.1 Å². The van der Waals surface area contributed by atoms with Crippen LogP contribution >= 0.6 is 0 Å². The van der Waals surface area contributed by atoms with Crippen LogP contribution in [0, 0.1) is 5.41 Å². The van der Waals surface area contributed by atoms with Crippen LogP contribution in [-0.2, 0) is 30.5 Å². The monoisotopic (exact) mass is 505 g/mol. The molecule has 3 amide bonds. The van der Waals surface area contributed by atoms with Gasteiger partial charge in [-0.05, 0) is 44.1 Å². The maximum atomic E-state index is 14.3. The third-order valence-electron chi connectivity index (χ3n) is 6.40. The van der Waals surface area contributed by atoms with E-state index in [2.05, 4.69) is 10.6 Å². The summed E-state index contributed by atoms with van der Waals surface area (Å²) in [6.45, 7) is 7.62. The fraction of sp³-hybridized carbons (Fsp3) is 0.615. The van der Waals surface area contributed by atoms with Gasteiger partial charge in [-0.2, -0.15) is 0 Å². The Kier molecular flexibility index (Phi) is 8.58. The molecular formula is C26H36FN3O6. The zero-order valence-corrected chi connectivity index (χ0v) is 21.4. The number of amides is 3. The molecule has 198 valence electrons. The molecule has 1 saturated carbocycles. The Balaban J connectivity index is 1.64. The molecule has 2 unspecified atom stereocenters. The molecule has 2 N–H and O–H groups in total. The summed E-state index contributed by atoms with van der Waals surface area (Å²) < 4.78 is 24.7. The molecule has 1 aromatic carbocycles. The predicted octanol–water partition coefficient (Wildman–Crippen LogP) is 2.27. The number of hydrogen-bond donors (Lipinski definition) is 2. The number of alkyl halides is 1. The molecule has 0 spiro atoms. The first-order valence-electron chi connectivity index (χ1n) is 12.4. The quantitative estimate of drug-likeness (QED) is 0.472. The van der Waals surface area contributed by atoms with Gasteiger partial charge in [0, 0.05) is 18.7 Å². The highest BCUT2D eigenvalue weighted by atomic mass is 19.1. The summed E-state index contributed by atoms with van der Waals surface area (Å²) in [6, 6.07) is 5.36. The number of likely N-dealkylation sites (tertiary alicyclic amines) is 1. The first-order chi connectivity index (χ1) is 17.0. The van der Waals surface area contributed by atoms with Crippen LogP contribution in [0.25, 0.3) is 0 Å².